The number of fused-ring (bicyclic) bond motifs is 5. The molecule has 0 N–H and O–H groups in total. The van der Waals surface area contributed by atoms with Crippen molar-refractivity contribution in [1.29, 1.82) is 0 Å². The van der Waals surface area contributed by atoms with Crippen LogP contribution in [-0.2, 0) is 25.5 Å². The van der Waals surface area contributed by atoms with Gasteiger partial charge in [-0.1, -0.05) is 13.0 Å². The van der Waals surface area contributed by atoms with Gasteiger partial charge in [0.05, 0.1) is 0 Å². The summed E-state index contributed by atoms with van der Waals surface area (Å²) in [5.74, 6) is 1.14. The van der Waals surface area contributed by atoms with Crippen LogP contribution in [0.1, 0.15) is 63.5 Å². The van der Waals surface area contributed by atoms with E-state index in [4.69, 9.17) is 9.47 Å². The Morgan fingerprint density at radius 2 is 1.93 bits per heavy atom. The second-order valence-electron chi connectivity index (χ2n) is 8.52. The van der Waals surface area contributed by atoms with E-state index in [0.717, 1.165) is 25.7 Å². The summed E-state index contributed by atoms with van der Waals surface area (Å²) in [6.45, 7) is 4.85. The number of esters is 2. The minimum absolute atomic E-state index is 0.108. The molecule has 144 valence electrons. The number of ketones is 1. The first kappa shape index (κ1) is 18.2. The molecule has 3 aliphatic rings. The molecule has 0 bridgehead atoms. The first-order chi connectivity index (χ1) is 12.8. The van der Waals surface area contributed by atoms with Crippen LogP contribution in [0.15, 0.2) is 18.2 Å². The molecule has 0 aliphatic heterocycles. The van der Waals surface area contributed by atoms with Crippen molar-refractivity contribution in [3.05, 3.63) is 29.3 Å². The third-order valence-corrected chi connectivity index (χ3v) is 6.98. The van der Waals surface area contributed by atoms with Gasteiger partial charge in [-0.15, -0.1) is 0 Å². The Bertz CT molecular complexity index is 813. The molecule has 0 amide bonds. The van der Waals surface area contributed by atoms with Gasteiger partial charge >= 0.3 is 11.9 Å². The number of rotatable bonds is 2. The van der Waals surface area contributed by atoms with Crippen molar-refractivity contribution in [3.63, 3.8) is 0 Å². The minimum Gasteiger partial charge on any atom is -0.455 e. The molecule has 0 spiro atoms. The fourth-order valence-electron chi connectivity index (χ4n) is 5.86. The van der Waals surface area contributed by atoms with Crippen LogP contribution in [0, 0.1) is 17.3 Å². The number of carbonyl (C=O) groups is 3. The van der Waals surface area contributed by atoms with E-state index in [1.807, 2.05) is 12.1 Å². The molecule has 2 fully saturated rings. The molecule has 27 heavy (non-hydrogen) atoms. The van der Waals surface area contributed by atoms with Crippen molar-refractivity contribution in [3.8, 4) is 5.75 Å². The molecule has 0 aromatic heterocycles. The summed E-state index contributed by atoms with van der Waals surface area (Å²) in [5, 5.41) is 0. The molecular weight excluding hydrogens is 344 g/mol. The van der Waals surface area contributed by atoms with E-state index in [1.165, 1.54) is 25.0 Å². The Labute approximate surface area is 159 Å². The van der Waals surface area contributed by atoms with E-state index in [2.05, 4.69) is 13.0 Å². The Morgan fingerprint density at radius 3 is 2.63 bits per heavy atom. The predicted molar refractivity (Wildman–Crippen MR) is 98.3 cm³/mol. The Hall–Kier alpha value is -2.17. The quantitative estimate of drug-likeness (QED) is 0.588. The van der Waals surface area contributed by atoms with Crippen LogP contribution in [-0.4, -0.2) is 23.8 Å². The molecule has 5 heteroatoms. The van der Waals surface area contributed by atoms with Crippen molar-refractivity contribution in [2.75, 3.05) is 0 Å². The normalized spacial score (nSPS) is 34.3. The Kier molecular flexibility index (Phi) is 4.36. The lowest BCUT2D eigenvalue weighted by Crippen LogP contribution is -2.43. The van der Waals surface area contributed by atoms with Crippen LogP contribution in [0.5, 0.6) is 5.75 Å². The van der Waals surface area contributed by atoms with Crippen molar-refractivity contribution in [2.45, 2.75) is 64.9 Å². The van der Waals surface area contributed by atoms with Gasteiger partial charge in [-0.3, -0.25) is 14.4 Å². The zero-order chi connectivity index (χ0) is 19.3. The summed E-state index contributed by atoms with van der Waals surface area (Å²) in [5.41, 5.74) is 2.20. The molecule has 0 unspecified atom stereocenters. The van der Waals surface area contributed by atoms with E-state index in [-0.39, 0.29) is 29.1 Å². The third-order valence-electron chi connectivity index (χ3n) is 6.98. The number of carbonyl (C=O) groups excluding carboxylic acids is 3. The second-order valence-corrected chi connectivity index (χ2v) is 8.52. The average molecular weight is 370 g/mol. The summed E-state index contributed by atoms with van der Waals surface area (Å²) in [7, 11) is 0. The van der Waals surface area contributed by atoms with Crippen LogP contribution in [0.25, 0.3) is 0 Å². The maximum Gasteiger partial charge on any atom is 0.308 e. The molecule has 0 heterocycles. The van der Waals surface area contributed by atoms with E-state index in [0.29, 0.717) is 24.0 Å². The summed E-state index contributed by atoms with van der Waals surface area (Å²) in [6.07, 6.45) is 3.81. The highest BCUT2D eigenvalue weighted by atomic mass is 16.5. The van der Waals surface area contributed by atoms with E-state index in [1.54, 1.807) is 0 Å². The topological polar surface area (TPSA) is 69.7 Å². The maximum absolute atomic E-state index is 12.9. The molecule has 5 atom stereocenters. The number of hydrogen-bond acceptors (Lipinski definition) is 5. The van der Waals surface area contributed by atoms with Gasteiger partial charge in [0.2, 0.25) is 0 Å². The van der Waals surface area contributed by atoms with Crippen molar-refractivity contribution < 1.29 is 23.9 Å². The first-order valence-electron chi connectivity index (χ1n) is 9.82. The van der Waals surface area contributed by atoms with Gasteiger partial charge in [-0.05, 0) is 73.1 Å². The molecular formula is C22H26O5. The maximum atomic E-state index is 12.9. The summed E-state index contributed by atoms with van der Waals surface area (Å²) in [4.78, 5) is 35.6. The van der Waals surface area contributed by atoms with Crippen LogP contribution in [0.4, 0.5) is 0 Å². The highest BCUT2D eigenvalue weighted by Gasteiger charge is 2.59. The first-order valence-corrected chi connectivity index (χ1v) is 9.82. The molecule has 1 aromatic carbocycles. The molecule has 5 nitrogen and oxygen atoms in total. The number of benzene rings is 1. The van der Waals surface area contributed by atoms with Gasteiger partial charge in [-0.2, -0.15) is 0 Å². The lowest BCUT2D eigenvalue weighted by atomic mass is 9.55. The van der Waals surface area contributed by atoms with Gasteiger partial charge in [0.1, 0.15) is 5.75 Å². The Balaban J connectivity index is 1.61. The van der Waals surface area contributed by atoms with Gasteiger partial charge in [0.15, 0.2) is 11.9 Å². The fourth-order valence-corrected chi connectivity index (χ4v) is 5.86. The standard InChI is InChI=1S/C22H26O5/c1-12(23)26-15-5-7-16-14(10-15)4-6-18-17(16)8-9-22(3)19(18)11-20(21(22)25)27-13(2)24/h5,7,10,17-20H,4,6,8-9,11H2,1-3H3/t17-,18-,19-,20-,22+/m1/s1. The Morgan fingerprint density at radius 1 is 1.15 bits per heavy atom. The van der Waals surface area contributed by atoms with Crippen molar-refractivity contribution >= 4 is 17.7 Å². The molecule has 0 radical (unpaired) electrons. The van der Waals surface area contributed by atoms with E-state index >= 15 is 0 Å². The lowest BCUT2D eigenvalue weighted by Gasteiger charge is -2.48. The monoisotopic (exact) mass is 370 g/mol. The second kappa shape index (κ2) is 6.47. The van der Waals surface area contributed by atoms with Gasteiger partial charge in [0, 0.05) is 19.3 Å². The highest BCUT2D eigenvalue weighted by Crippen LogP contribution is 2.60. The van der Waals surface area contributed by atoms with Crippen LogP contribution in [0.3, 0.4) is 0 Å². The smallest absolute Gasteiger partial charge is 0.308 e. The summed E-state index contributed by atoms with van der Waals surface area (Å²) >= 11 is 0. The molecule has 0 saturated heterocycles. The van der Waals surface area contributed by atoms with E-state index in [9.17, 15) is 14.4 Å². The number of hydrogen-bond donors (Lipinski definition) is 0. The summed E-state index contributed by atoms with van der Waals surface area (Å²) in [6, 6.07) is 5.95. The number of Topliss-reactive ketones (excluding diaryl/α,β-unsaturated/α-hetero) is 1. The van der Waals surface area contributed by atoms with Crippen LogP contribution < -0.4 is 4.74 Å². The van der Waals surface area contributed by atoms with Crippen molar-refractivity contribution in [2.24, 2.45) is 17.3 Å². The van der Waals surface area contributed by atoms with Crippen molar-refractivity contribution in [1.82, 2.24) is 0 Å². The van der Waals surface area contributed by atoms with Gasteiger partial charge < -0.3 is 9.47 Å². The highest BCUT2D eigenvalue weighted by molar-refractivity contribution is 5.93. The van der Waals surface area contributed by atoms with Crippen LogP contribution in [0.2, 0.25) is 0 Å². The van der Waals surface area contributed by atoms with Crippen LogP contribution >= 0.6 is 0 Å². The van der Waals surface area contributed by atoms with Gasteiger partial charge in [0.25, 0.3) is 0 Å². The number of aryl methyl sites for hydroxylation is 1. The fraction of sp³-hybridized carbons (Fsp3) is 0.591. The molecule has 2 saturated carbocycles. The summed E-state index contributed by atoms with van der Waals surface area (Å²) < 4.78 is 10.6. The predicted octanol–water partition coefficient (Wildman–Crippen LogP) is 3.58. The van der Waals surface area contributed by atoms with Gasteiger partial charge in [-0.25, -0.2) is 0 Å². The SMILES string of the molecule is CC(=O)Oc1ccc2c(c1)CC[C@@H]1[C@@H]2CC[C@]2(C)C(=O)[C@H](OC(C)=O)C[C@H]12. The third kappa shape index (κ3) is 2.97. The van der Waals surface area contributed by atoms with E-state index < -0.39 is 6.10 Å². The lowest BCUT2D eigenvalue weighted by molar-refractivity contribution is -0.153. The largest absolute Gasteiger partial charge is 0.455 e. The zero-order valence-corrected chi connectivity index (χ0v) is 16.1. The molecule has 4 rings (SSSR count). The molecule has 1 aromatic rings. The zero-order valence-electron chi connectivity index (χ0n) is 16.1. The minimum atomic E-state index is -0.580. The number of ether oxygens (including phenoxy) is 2. The average Bonchev–Trinajstić information content (AvgIpc) is 2.85. The molecule has 3 aliphatic carbocycles.